The Balaban J connectivity index is 0.000000880. The topological polar surface area (TPSA) is 0 Å². The van der Waals surface area contributed by atoms with Crippen LogP contribution in [0.2, 0.25) is 0 Å². The third kappa shape index (κ3) is 3.31. The normalized spacial score (nSPS) is 35.9. The minimum atomic E-state index is 0.665. The van der Waals surface area contributed by atoms with Gasteiger partial charge in [0, 0.05) is 0 Å². The van der Waals surface area contributed by atoms with Crippen LogP contribution < -0.4 is 0 Å². The van der Waals surface area contributed by atoms with Crippen LogP contribution in [0.25, 0.3) is 0 Å². The average Bonchev–Trinajstić information content (AvgIpc) is 2.97. The van der Waals surface area contributed by atoms with Crippen molar-refractivity contribution < 1.29 is 0 Å². The van der Waals surface area contributed by atoms with Gasteiger partial charge in [-0.1, -0.05) is 64.3 Å². The fourth-order valence-corrected chi connectivity index (χ4v) is 6.74. The Hall–Kier alpha value is -0.780. The molecule has 0 bridgehead atoms. The summed E-state index contributed by atoms with van der Waals surface area (Å²) < 4.78 is 0. The SMILES string of the molecule is CC.CCCC[C@H]1CCC2C3CCc4cc(C)ccc4C3CC[C@]21C. The van der Waals surface area contributed by atoms with Gasteiger partial charge in [0.25, 0.3) is 0 Å². The van der Waals surface area contributed by atoms with E-state index in [4.69, 9.17) is 0 Å². The summed E-state index contributed by atoms with van der Waals surface area (Å²) in [6.45, 7) is 11.3. The zero-order valence-electron chi connectivity index (χ0n) is 17.4. The molecule has 0 saturated heterocycles. The van der Waals surface area contributed by atoms with Crippen molar-refractivity contribution in [2.75, 3.05) is 0 Å². The van der Waals surface area contributed by atoms with Crippen LogP contribution in [0.4, 0.5) is 0 Å². The first-order valence-corrected chi connectivity index (χ1v) is 11.2. The molecule has 0 heteroatoms. The van der Waals surface area contributed by atoms with Crippen molar-refractivity contribution in [1.29, 1.82) is 0 Å². The molecule has 5 atom stereocenters. The van der Waals surface area contributed by atoms with E-state index in [0.717, 1.165) is 23.7 Å². The third-order valence-corrected chi connectivity index (χ3v) is 7.98. The Bertz CT molecular complexity index is 571. The minimum absolute atomic E-state index is 0.665. The molecule has 3 aliphatic carbocycles. The molecule has 0 aliphatic heterocycles. The van der Waals surface area contributed by atoms with Crippen LogP contribution in [0.15, 0.2) is 18.2 Å². The molecule has 1 aromatic carbocycles. The molecule has 0 heterocycles. The maximum Gasteiger partial charge on any atom is -0.0128 e. The second-order valence-electron chi connectivity index (χ2n) is 9.08. The van der Waals surface area contributed by atoms with E-state index in [-0.39, 0.29) is 0 Å². The quantitative estimate of drug-likeness (QED) is 0.529. The van der Waals surface area contributed by atoms with Crippen LogP contribution in [0, 0.1) is 30.1 Å². The number of rotatable bonds is 3. The Kier molecular flexibility index (Phi) is 5.96. The first kappa shape index (κ1) is 19.0. The van der Waals surface area contributed by atoms with E-state index >= 15 is 0 Å². The molecule has 0 radical (unpaired) electrons. The van der Waals surface area contributed by atoms with Crippen LogP contribution >= 0.6 is 0 Å². The molecule has 1 aromatic rings. The summed E-state index contributed by atoms with van der Waals surface area (Å²) in [6, 6.07) is 7.31. The molecule has 2 fully saturated rings. The Morgan fingerprint density at radius 2 is 1.88 bits per heavy atom. The van der Waals surface area contributed by atoms with E-state index in [0.29, 0.717) is 5.41 Å². The number of hydrogen-bond acceptors (Lipinski definition) is 0. The molecule has 140 valence electrons. The highest BCUT2D eigenvalue weighted by Crippen LogP contribution is 2.63. The van der Waals surface area contributed by atoms with Crippen LogP contribution in [-0.4, -0.2) is 0 Å². The van der Waals surface area contributed by atoms with Gasteiger partial charge in [-0.3, -0.25) is 0 Å². The van der Waals surface area contributed by atoms with Crippen LogP contribution in [0.3, 0.4) is 0 Å². The van der Waals surface area contributed by atoms with Crippen molar-refractivity contribution in [1.82, 2.24) is 0 Å². The highest BCUT2D eigenvalue weighted by atomic mass is 14.6. The van der Waals surface area contributed by atoms with Crippen LogP contribution in [-0.2, 0) is 6.42 Å². The number of unbranched alkanes of at least 4 members (excludes halogenated alkanes) is 1. The summed E-state index contributed by atoms with van der Waals surface area (Å²) in [4.78, 5) is 0. The van der Waals surface area contributed by atoms with Gasteiger partial charge >= 0.3 is 0 Å². The Labute approximate surface area is 156 Å². The fourth-order valence-electron chi connectivity index (χ4n) is 6.74. The summed E-state index contributed by atoms with van der Waals surface area (Å²) in [6.07, 6.45) is 13.1. The lowest BCUT2D eigenvalue weighted by molar-refractivity contribution is 0.0253. The third-order valence-electron chi connectivity index (χ3n) is 7.98. The van der Waals surface area contributed by atoms with E-state index in [1.807, 2.05) is 13.8 Å². The molecule has 4 rings (SSSR count). The summed E-state index contributed by atoms with van der Waals surface area (Å²) >= 11 is 0. The predicted molar refractivity (Wildman–Crippen MR) is 110 cm³/mol. The highest BCUT2D eigenvalue weighted by molar-refractivity contribution is 5.37. The van der Waals surface area contributed by atoms with Gasteiger partial charge in [-0.2, -0.15) is 0 Å². The van der Waals surface area contributed by atoms with Crippen molar-refractivity contribution in [2.24, 2.45) is 23.2 Å². The number of fused-ring (bicyclic) bond motifs is 5. The minimum Gasteiger partial charge on any atom is -0.0683 e. The maximum atomic E-state index is 2.67. The summed E-state index contributed by atoms with van der Waals surface area (Å²) in [5.74, 6) is 3.89. The van der Waals surface area contributed by atoms with E-state index in [9.17, 15) is 0 Å². The fraction of sp³-hybridized carbons (Fsp3) is 0.760. The monoisotopic (exact) mass is 340 g/mol. The van der Waals surface area contributed by atoms with Crippen LogP contribution in [0.5, 0.6) is 0 Å². The zero-order chi connectivity index (χ0) is 18.0. The van der Waals surface area contributed by atoms with Gasteiger partial charge in [0.15, 0.2) is 0 Å². The zero-order valence-corrected chi connectivity index (χ0v) is 17.4. The molecule has 0 N–H and O–H groups in total. The first-order chi connectivity index (χ1) is 12.1. The number of hydrogen-bond donors (Lipinski definition) is 0. The molecule has 2 saturated carbocycles. The molecule has 3 unspecified atom stereocenters. The predicted octanol–water partition coefficient (Wildman–Crippen LogP) is 7.68. The lowest BCUT2D eigenvalue weighted by Gasteiger charge is -2.51. The van der Waals surface area contributed by atoms with Crippen molar-refractivity contribution in [3.63, 3.8) is 0 Å². The lowest BCUT2D eigenvalue weighted by Crippen LogP contribution is -2.42. The van der Waals surface area contributed by atoms with Crippen molar-refractivity contribution >= 4 is 0 Å². The molecular weight excluding hydrogens is 300 g/mol. The largest absolute Gasteiger partial charge is 0.0683 e. The van der Waals surface area contributed by atoms with Crippen LogP contribution in [0.1, 0.15) is 102 Å². The average molecular weight is 341 g/mol. The maximum absolute atomic E-state index is 2.67. The summed E-state index contributed by atoms with van der Waals surface area (Å²) in [5.41, 5.74) is 5.52. The van der Waals surface area contributed by atoms with Gasteiger partial charge in [-0.15, -0.1) is 0 Å². The number of benzene rings is 1. The molecule has 0 spiro atoms. The first-order valence-electron chi connectivity index (χ1n) is 11.2. The highest BCUT2D eigenvalue weighted by Gasteiger charge is 2.54. The lowest BCUT2D eigenvalue weighted by atomic mass is 9.54. The van der Waals surface area contributed by atoms with Gasteiger partial charge in [-0.05, 0) is 92.1 Å². The summed E-state index contributed by atoms with van der Waals surface area (Å²) in [5, 5.41) is 0. The molecule has 0 amide bonds. The number of aryl methyl sites for hydroxylation is 2. The second kappa shape index (κ2) is 7.85. The Morgan fingerprint density at radius 3 is 2.64 bits per heavy atom. The van der Waals surface area contributed by atoms with Gasteiger partial charge in [0.05, 0.1) is 0 Å². The molecule has 0 nitrogen and oxygen atoms in total. The van der Waals surface area contributed by atoms with Crippen molar-refractivity contribution in [3.05, 3.63) is 34.9 Å². The van der Waals surface area contributed by atoms with Gasteiger partial charge in [0.2, 0.25) is 0 Å². The van der Waals surface area contributed by atoms with E-state index in [2.05, 4.69) is 39.0 Å². The second-order valence-corrected chi connectivity index (χ2v) is 9.08. The van der Waals surface area contributed by atoms with E-state index < -0.39 is 0 Å². The van der Waals surface area contributed by atoms with E-state index in [1.54, 1.807) is 11.1 Å². The summed E-state index contributed by atoms with van der Waals surface area (Å²) in [7, 11) is 0. The van der Waals surface area contributed by atoms with Crippen molar-refractivity contribution in [2.45, 2.75) is 98.3 Å². The van der Waals surface area contributed by atoms with Gasteiger partial charge in [0.1, 0.15) is 0 Å². The van der Waals surface area contributed by atoms with Gasteiger partial charge < -0.3 is 0 Å². The van der Waals surface area contributed by atoms with Gasteiger partial charge in [-0.25, -0.2) is 0 Å². The molecule has 3 aliphatic rings. The van der Waals surface area contributed by atoms with E-state index in [1.165, 1.54) is 63.4 Å². The van der Waals surface area contributed by atoms with Crippen molar-refractivity contribution in [3.8, 4) is 0 Å². The standard InChI is InChI=1S/C23H34.C2H6/c1-4-5-6-18-9-12-22-21-11-8-17-15-16(2)7-10-19(17)20(21)13-14-23(18,22)3;1-2/h7,10,15,18,20-22H,4-6,8-9,11-14H2,1-3H3;1-2H3/t18-,20?,21?,22?,23-;/m0./s1. The molecule has 25 heavy (non-hydrogen) atoms. The molecular formula is C25H40. The molecule has 0 aromatic heterocycles. The Morgan fingerprint density at radius 1 is 1.08 bits per heavy atom. The smallest absolute Gasteiger partial charge is 0.0128 e.